The molecule has 0 unspecified atom stereocenters. The number of halogens is 1. The van der Waals surface area contributed by atoms with Crippen molar-refractivity contribution in [1.29, 1.82) is 0 Å². The standard InChI is InChI=1S/C21H29FN6O2/c1-29-18-8-7-16(15-17(18)22)26-11-13-28(14-12-26)20-23-19(24-21(25-20)30-2)27-9-5-3-4-6-10-27/h7-8,15H,3-6,9-14H2,1-2H3. The number of aromatic nitrogens is 3. The van der Waals surface area contributed by atoms with Crippen molar-refractivity contribution in [3.63, 3.8) is 0 Å². The zero-order valence-electron chi connectivity index (χ0n) is 17.7. The second kappa shape index (κ2) is 9.32. The van der Waals surface area contributed by atoms with Gasteiger partial charge >= 0.3 is 6.01 Å². The van der Waals surface area contributed by atoms with Gasteiger partial charge in [0, 0.05) is 51.0 Å². The summed E-state index contributed by atoms with van der Waals surface area (Å²) in [6.07, 6.45) is 4.81. The highest BCUT2D eigenvalue weighted by Crippen LogP contribution is 2.26. The third-order valence-corrected chi connectivity index (χ3v) is 5.73. The molecule has 0 spiro atoms. The van der Waals surface area contributed by atoms with Crippen molar-refractivity contribution < 1.29 is 13.9 Å². The van der Waals surface area contributed by atoms with Crippen molar-refractivity contribution in [2.24, 2.45) is 0 Å². The van der Waals surface area contributed by atoms with Gasteiger partial charge in [0.15, 0.2) is 11.6 Å². The van der Waals surface area contributed by atoms with Crippen LogP contribution in [0.2, 0.25) is 0 Å². The topological polar surface area (TPSA) is 66.9 Å². The van der Waals surface area contributed by atoms with Crippen molar-refractivity contribution in [3.05, 3.63) is 24.0 Å². The highest BCUT2D eigenvalue weighted by atomic mass is 19.1. The van der Waals surface area contributed by atoms with E-state index >= 15 is 0 Å². The molecule has 8 nitrogen and oxygen atoms in total. The van der Waals surface area contributed by atoms with Crippen LogP contribution >= 0.6 is 0 Å². The van der Waals surface area contributed by atoms with Gasteiger partial charge in [-0.15, -0.1) is 0 Å². The van der Waals surface area contributed by atoms with Crippen LogP contribution in [0, 0.1) is 5.82 Å². The summed E-state index contributed by atoms with van der Waals surface area (Å²) in [5.74, 6) is 1.25. The minimum atomic E-state index is -0.346. The number of hydrogen-bond donors (Lipinski definition) is 0. The molecule has 2 aromatic rings. The summed E-state index contributed by atoms with van der Waals surface area (Å²) in [6, 6.07) is 5.43. The van der Waals surface area contributed by atoms with E-state index < -0.39 is 0 Å². The highest BCUT2D eigenvalue weighted by molar-refractivity contribution is 5.52. The molecule has 3 heterocycles. The summed E-state index contributed by atoms with van der Waals surface area (Å²) < 4.78 is 24.4. The molecule has 4 rings (SSSR count). The SMILES string of the molecule is COc1nc(N2CCCCCC2)nc(N2CCN(c3ccc(OC)c(F)c3)CC2)n1. The van der Waals surface area contributed by atoms with E-state index in [0.717, 1.165) is 57.8 Å². The molecule has 2 saturated heterocycles. The van der Waals surface area contributed by atoms with Gasteiger partial charge in [0.1, 0.15) is 0 Å². The zero-order chi connectivity index (χ0) is 20.9. The first-order valence-corrected chi connectivity index (χ1v) is 10.6. The van der Waals surface area contributed by atoms with Crippen LogP contribution in [0.3, 0.4) is 0 Å². The average molecular weight is 417 g/mol. The third kappa shape index (κ3) is 4.49. The van der Waals surface area contributed by atoms with Crippen molar-refractivity contribution in [2.45, 2.75) is 25.7 Å². The van der Waals surface area contributed by atoms with E-state index in [0.29, 0.717) is 17.9 Å². The fraction of sp³-hybridized carbons (Fsp3) is 0.571. The number of nitrogens with zero attached hydrogens (tertiary/aromatic N) is 6. The van der Waals surface area contributed by atoms with Crippen LogP contribution < -0.4 is 24.2 Å². The molecule has 0 amide bonds. The molecule has 1 aromatic carbocycles. The fourth-order valence-corrected chi connectivity index (χ4v) is 4.00. The lowest BCUT2D eigenvalue weighted by Gasteiger charge is -2.36. The zero-order valence-corrected chi connectivity index (χ0v) is 17.7. The molecule has 0 aliphatic carbocycles. The van der Waals surface area contributed by atoms with Crippen molar-refractivity contribution in [3.8, 4) is 11.8 Å². The van der Waals surface area contributed by atoms with Crippen LogP contribution in [0.1, 0.15) is 25.7 Å². The molecule has 9 heteroatoms. The summed E-state index contributed by atoms with van der Waals surface area (Å²) in [6.45, 7) is 4.89. The van der Waals surface area contributed by atoms with Crippen LogP contribution in [0.4, 0.5) is 22.0 Å². The minimum Gasteiger partial charge on any atom is -0.494 e. The molecule has 0 radical (unpaired) electrons. The molecule has 162 valence electrons. The monoisotopic (exact) mass is 416 g/mol. The van der Waals surface area contributed by atoms with E-state index in [1.807, 2.05) is 6.07 Å². The van der Waals surface area contributed by atoms with E-state index in [1.54, 1.807) is 13.2 Å². The van der Waals surface area contributed by atoms with Crippen LogP contribution in [0.15, 0.2) is 18.2 Å². The largest absolute Gasteiger partial charge is 0.494 e. The van der Waals surface area contributed by atoms with E-state index in [1.165, 1.54) is 26.0 Å². The first-order valence-electron chi connectivity index (χ1n) is 10.6. The average Bonchev–Trinajstić information content (AvgIpc) is 3.08. The van der Waals surface area contributed by atoms with Gasteiger partial charge in [-0.1, -0.05) is 12.8 Å². The molecular formula is C21H29FN6O2. The first-order chi connectivity index (χ1) is 14.7. The Balaban J connectivity index is 1.47. The lowest BCUT2D eigenvalue weighted by molar-refractivity contribution is 0.377. The Kier molecular flexibility index (Phi) is 6.35. The maximum absolute atomic E-state index is 14.1. The Morgan fingerprint density at radius 3 is 1.90 bits per heavy atom. The van der Waals surface area contributed by atoms with Crippen LogP contribution in [0.5, 0.6) is 11.8 Å². The Morgan fingerprint density at radius 1 is 0.733 bits per heavy atom. The molecule has 0 atom stereocenters. The quantitative estimate of drug-likeness (QED) is 0.737. The second-order valence-electron chi connectivity index (χ2n) is 7.62. The molecule has 30 heavy (non-hydrogen) atoms. The summed E-state index contributed by atoms with van der Waals surface area (Å²) in [5, 5.41) is 0. The lowest BCUT2D eigenvalue weighted by atomic mass is 10.2. The minimum absolute atomic E-state index is 0.260. The molecule has 0 saturated carbocycles. The van der Waals surface area contributed by atoms with Crippen molar-refractivity contribution in [1.82, 2.24) is 15.0 Å². The molecule has 2 aliphatic rings. The number of ether oxygens (including phenoxy) is 2. The maximum atomic E-state index is 14.1. The normalized spacial score (nSPS) is 17.6. The molecule has 2 fully saturated rings. The number of hydrogen-bond acceptors (Lipinski definition) is 8. The maximum Gasteiger partial charge on any atom is 0.322 e. The Morgan fingerprint density at radius 2 is 1.33 bits per heavy atom. The summed E-state index contributed by atoms with van der Waals surface area (Å²) in [4.78, 5) is 20.3. The molecule has 0 N–H and O–H groups in total. The summed E-state index contributed by atoms with van der Waals surface area (Å²) in [7, 11) is 3.06. The van der Waals surface area contributed by atoms with Crippen LogP contribution in [-0.2, 0) is 0 Å². The van der Waals surface area contributed by atoms with Gasteiger partial charge in [-0.2, -0.15) is 15.0 Å². The van der Waals surface area contributed by atoms with Gasteiger partial charge in [-0.05, 0) is 25.0 Å². The predicted octanol–water partition coefficient (Wildman–Crippen LogP) is 2.73. The highest BCUT2D eigenvalue weighted by Gasteiger charge is 2.23. The number of benzene rings is 1. The number of anilines is 3. The van der Waals surface area contributed by atoms with Gasteiger partial charge in [-0.3, -0.25) is 0 Å². The van der Waals surface area contributed by atoms with Crippen molar-refractivity contribution >= 4 is 17.6 Å². The number of methoxy groups -OCH3 is 2. The third-order valence-electron chi connectivity index (χ3n) is 5.73. The van der Waals surface area contributed by atoms with Gasteiger partial charge in [0.05, 0.1) is 14.2 Å². The van der Waals surface area contributed by atoms with Crippen LogP contribution in [0.25, 0.3) is 0 Å². The predicted molar refractivity (Wildman–Crippen MR) is 114 cm³/mol. The van der Waals surface area contributed by atoms with E-state index in [-0.39, 0.29) is 11.6 Å². The van der Waals surface area contributed by atoms with Crippen molar-refractivity contribution in [2.75, 3.05) is 68.2 Å². The molecular weight excluding hydrogens is 387 g/mol. The molecule has 2 aliphatic heterocycles. The second-order valence-corrected chi connectivity index (χ2v) is 7.62. The van der Waals surface area contributed by atoms with Gasteiger partial charge in [-0.25, -0.2) is 4.39 Å². The van der Waals surface area contributed by atoms with E-state index in [9.17, 15) is 4.39 Å². The van der Waals surface area contributed by atoms with Gasteiger partial charge < -0.3 is 24.2 Å². The Hall–Kier alpha value is -2.84. The fourth-order valence-electron chi connectivity index (χ4n) is 4.00. The van der Waals surface area contributed by atoms with Gasteiger partial charge in [0.25, 0.3) is 0 Å². The molecule has 1 aromatic heterocycles. The number of piperazine rings is 1. The summed E-state index contributed by atoms with van der Waals surface area (Å²) >= 11 is 0. The summed E-state index contributed by atoms with van der Waals surface area (Å²) in [5.41, 5.74) is 0.853. The lowest BCUT2D eigenvalue weighted by Crippen LogP contribution is -2.47. The Bertz CT molecular complexity index is 851. The smallest absolute Gasteiger partial charge is 0.322 e. The van der Waals surface area contributed by atoms with Gasteiger partial charge in [0.2, 0.25) is 11.9 Å². The Labute approximate surface area is 176 Å². The first kappa shape index (κ1) is 20.4. The van der Waals surface area contributed by atoms with E-state index in [4.69, 9.17) is 14.5 Å². The molecule has 0 bridgehead atoms. The number of rotatable bonds is 5. The van der Waals surface area contributed by atoms with E-state index in [2.05, 4.69) is 24.7 Å². The van der Waals surface area contributed by atoms with Crippen LogP contribution in [-0.4, -0.2) is 68.4 Å².